The van der Waals surface area contributed by atoms with Gasteiger partial charge in [0.15, 0.2) is 0 Å². The second-order valence-electron chi connectivity index (χ2n) is 7.87. The van der Waals surface area contributed by atoms with Crippen molar-refractivity contribution in [2.24, 2.45) is 0 Å². The molecule has 2 heterocycles. The maximum atomic E-state index is 13.7. The largest absolute Gasteiger partial charge is 0.466 e. The lowest BCUT2D eigenvalue weighted by molar-refractivity contribution is -0.136. The third kappa shape index (κ3) is 5.59. The molecule has 1 aromatic heterocycles. The third-order valence-electron chi connectivity index (χ3n) is 5.33. The number of hydrogen-bond acceptors (Lipinski definition) is 7. The zero-order valence-electron chi connectivity index (χ0n) is 18.5. The van der Waals surface area contributed by atoms with Crippen LogP contribution in [0.3, 0.4) is 0 Å². The first-order chi connectivity index (χ1) is 16.2. The van der Waals surface area contributed by atoms with E-state index in [1.165, 1.54) is 37.3 Å². The van der Waals surface area contributed by atoms with Gasteiger partial charge in [-0.2, -0.15) is 0 Å². The van der Waals surface area contributed by atoms with Crippen molar-refractivity contribution in [2.75, 3.05) is 24.3 Å². The third-order valence-corrected chi connectivity index (χ3v) is 7.13. The van der Waals surface area contributed by atoms with Gasteiger partial charge in [0, 0.05) is 40.4 Å². The van der Waals surface area contributed by atoms with Crippen molar-refractivity contribution in [3.63, 3.8) is 0 Å². The Bertz CT molecular complexity index is 1180. The average molecular weight is 505 g/mol. The molecule has 4 rings (SSSR count). The van der Waals surface area contributed by atoms with E-state index in [0.29, 0.717) is 35.7 Å². The fourth-order valence-electron chi connectivity index (χ4n) is 3.58. The number of esters is 1. The molecule has 0 amide bonds. The molecule has 1 aliphatic heterocycles. The van der Waals surface area contributed by atoms with E-state index in [-0.39, 0.29) is 16.2 Å². The van der Waals surface area contributed by atoms with Gasteiger partial charge in [0.2, 0.25) is 0 Å². The van der Waals surface area contributed by atoms with Crippen molar-refractivity contribution in [1.29, 1.82) is 0 Å². The number of halogens is 3. The van der Waals surface area contributed by atoms with Gasteiger partial charge in [0.05, 0.1) is 18.1 Å². The zero-order chi connectivity index (χ0) is 24.3. The first kappa shape index (κ1) is 24.2. The molecular weight excluding hydrogens is 482 g/mol. The Labute approximate surface area is 205 Å². The van der Waals surface area contributed by atoms with Crippen LogP contribution >= 0.6 is 23.4 Å². The van der Waals surface area contributed by atoms with Gasteiger partial charge in [-0.05, 0) is 36.8 Å². The van der Waals surface area contributed by atoms with E-state index in [1.54, 1.807) is 18.2 Å². The SMILES string of the molecule is COC(=O)C1=Cc2c(ncnc2NC2=CC(Cl)C(Sc3cccc(C(C)(F)F)c3)C=C2)NCC1. The molecule has 1 aromatic carbocycles. The number of benzene rings is 1. The van der Waals surface area contributed by atoms with E-state index in [9.17, 15) is 13.6 Å². The zero-order valence-corrected chi connectivity index (χ0v) is 20.1. The first-order valence-electron chi connectivity index (χ1n) is 10.6. The van der Waals surface area contributed by atoms with Crippen LogP contribution in [0.15, 0.2) is 65.0 Å². The number of anilines is 2. The molecule has 34 heavy (non-hydrogen) atoms. The van der Waals surface area contributed by atoms with Crippen molar-refractivity contribution < 1.29 is 18.3 Å². The highest BCUT2D eigenvalue weighted by Gasteiger charge is 2.26. The minimum absolute atomic E-state index is 0.0289. The number of rotatable bonds is 6. The van der Waals surface area contributed by atoms with E-state index >= 15 is 0 Å². The summed E-state index contributed by atoms with van der Waals surface area (Å²) in [5.41, 5.74) is 1.86. The molecule has 2 aromatic rings. The van der Waals surface area contributed by atoms with Crippen LogP contribution in [-0.2, 0) is 15.5 Å². The summed E-state index contributed by atoms with van der Waals surface area (Å²) < 4.78 is 32.2. The van der Waals surface area contributed by atoms with Crippen LogP contribution in [0.25, 0.3) is 6.08 Å². The number of aromatic nitrogens is 2. The normalized spacial score (nSPS) is 19.8. The van der Waals surface area contributed by atoms with E-state index in [2.05, 4.69) is 20.6 Å². The van der Waals surface area contributed by atoms with Crippen molar-refractivity contribution >= 4 is 47.0 Å². The van der Waals surface area contributed by atoms with Crippen LogP contribution < -0.4 is 10.6 Å². The lowest BCUT2D eigenvalue weighted by Gasteiger charge is -2.22. The Morgan fingerprint density at radius 1 is 1.35 bits per heavy atom. The summed E-state index contributed by atoms with van der Waals surface area (Å²) in [6.07, 6.45) is 9.31. The standard InChI is InChI=1S/C24H23ClF2N4O2S/c1-24(26,27)15-4-3-5-17(11-15)34-20-7-6-16(12-19(20)25)31-22-18-10-14(23(32)33-2)8-9-28-21(18)29-13-30-22/h3-7,10-13,19-20H,8-9H2,1-2H3,(H2,28,29,30,31). The second kappa shape index (κ2) is 10.1. The van der Waals surface area contributed by atoms with Crippen LogP contribution in [0, 0.1) is 0 Å². The molecule has 178 valence electrons. The number of carbonyl (C=O) groups is 1. The summed E-state index contributed by atoms with van der Waals surface area (Å²) in [7, 11) is 1.35. The number of alkyl halides is 3. The molecule has 6 nitrogen and oxygen atoms in total. The highest BCUT2D eigenvalue weighted by molar-refractivity contribution is 8.00. The predicted octanol–water partition coefficient (Wildman–Crippen LogP) is 5.59. The number of carbonyl (C=O) groups excluding carboxylic acids is 1. The number of nitrogens with zero attached hydrogens (tertiary/aromatic N) is 2. The number of nitrogens with one attached hydrogen (secondary N) is 2. The van der Waals surface area contributed by atoms with Gasteiger partial charge in [-0.3, -0.25) is 0 Å². The number of ether oxygens (including phenoxy) is 1. The summed E-state index contributed by atoms with van der Waals surface area (Å²) in [6.45, 7) is 1.43. The van der Waals surface area contributed by atoms with Crippen LogP contribution in [0.5, 0.6) is 0 Å². The van der Waals surface area contributed by atoms with Gasteiger partial charge in [-0.15, -0.1) is 23.4 Å². The van der Waals surface area contributed by atoms with Crippen LogP contribution in [0.2, 0.25) is 0 Å². The van der Waals surface area contributed by atoms with Crippen LogP contribution in [0.4, 0.5) is 20.4 Å². The Morgan fingerprint density at radius 2 is 2.18 bits per heavy atom. The molecule has 0 fully saturated rings. The number of methoxy groups -OCH3 is 1. The predicted molar refractivity (Wildman–Crippen MR) is 131 cm³/mol. The molecule has 0 saturated carbocycles. The van der Waals surface area contributed by atoms with Gasteiger partial charge in [0.25, 0.3) is 5.92 Å². The molecular formula is C24H23ClF2N4O2S. The fourth-order valence-corrected chi connectivity index (χ4v) is 4.98. The quantitative estimate of drug-likeness (QED) is 0.392. The summed E-state index contributed by atoms with van der Waals surface area (Å²) in [4.78, 5) is 21.4. The number of allylic oxidation sites excluding steroid dienone is 2. The van der Waals surface area contributed by atoms with E-state index < -0.39 is 11.9 Å². The Morgan fingerprint density at radius 3 is 2.91 bits per heavy atom. The molecule has 0 spiro atoms. The lowest BCUT2D eigenvalue weighted by atomic mass is 10.1. The molecule has 1 aliphatic carbocycles. The Hall–Kier alpha value is -2.91. The van der Waals surface area contributed by atoms with Gasteiger partial charge >= 0.3 is 5.97 Å². The molecule has 2 aliphatic rings. The highest BCUT2D eigenvalue weighted by Crippen LogP contribution is 2.36. The highest BCUT2D eigenvalue weighted by atomic mass is 35.5. The second-order valence-corrected chi connectivity index (χ2v) is 9.63. The summed E-state index contributed by atoms with van der Waals surface area (Å²) in [5.74, 6) is -2.17. The number of thioether (sulfide) groups is 1. The summed E-state index contributed by atoms with van der Waals surface area (Å²) >= 11 is 8.04. The Kier molecular flexibility index (Phi) is 7.23. The van der Waals surface area contributed by atoms with E-state index in [0.717, 1.165) is 17.5 Å². The van der Waals surface area contributed by atoms with E-state index in [1.807, 2.05) is 18.2 Å². The van der Waals surface area contributed by atoms with Crippen LogP contribution in [0.1, 0.15) is 24.5 Å². The monoisotopic (exact) mass is 504 g/mol. The van der Waals surface area contributed by atoms with E-state index in [4.69, 9.17) is 16.3 Å². The van der Waals surface area contributed by atoms with Crippen molar-refractivity contribution in [3.05, 3.63) is 71.2 Å². The Balaban J connectivity index is 1.51. The molecule has 0 saturated heterocycles. The minimum Gasteiger partial charge on any atom is -0.466 e. The minimum atomic E-state index is -2.90. The topological polar surface area (TPSA) is 76.1 Å². The number of hydrogen-bond donors (Lipinski definition) is 2. The van der Waals surface area contributed by atoms with Crippen molar-refractivity contribution in [1.82, 2.24) is 9.97 Å². The smallest absolute Gasteiger partial charge is 0.333 e. The van der Waals surface area contributed by atoms with Crippen molar-refractivity contribution in [3.8, 4) is 0 Å². The number of fused-ring (bicyclic) bond motifs is 1. The van der Waals surface area contributed by atoms with Crippen LogP contribution in [-0.4, -0.2) is 40.2 Å². The van der Waals surface area contributed by atoms with Crippen molar-refractivity contribution in [2.45, 2.75) is 34.8 Å². The molecule has 2 unspecified atom stereocenters. The lowest BCUT2D eigenvalue weighted by Crippen LogP contribution is -2.19. The molecule has 0 bridgehead atoms. The fraction of sp³-hybridized carbons (Fsp3) is 0.292. The average Bonchev–Trinajstić information content (AvgIpc) is 3.03. The summed E-state index contributed by atoms with van der Waals surface area (Å²) in [5, 5.41) is 5.93. The summed E-state index contributed by atoms with van der Waals surface area (Å²) in [6, 6.07) is 6.33. The maximum absolute atomic E-state index is 13.7. The molecule has 2 atom stereocenters. The maximum Gasteiger partial charge on any atom is 0.333 e. The molecule has 0 radical (unpaired) electrons. The molecule has 10 heteroatoms. The molecule has 2 N–H and O–H groups in total. The first-order valence-corrected chi connectivity index (χ1v) is 11.9. The van der Waals surface area contributed by atoms with Gasteiger partial charge < -0.3 is 15.4 Å². The van der Waals surface area contributed by atoms with Gasteiger partial charge in [-0.25, -0.2) is 23.5 Å². The van der Waals surface area contributed by atoms with Gasteiger partial charge in [0.1, 0.15) is 18.0 Å². The van der Waals surface area contributed by atoms with Gasteiger partial charge in [-0.1, -0.05) is 18.2 Å².